The minimum absolute atomic E-state index is 0.0340. The number of carboxylic acid groups (broad SMARTS) is 1. The molecule has 1 aromatic rings. The van der Waals surface area contributed by atoms with E-state index in [0.29, 0.717) is 6.07 Å². The second kappa shape index (κ2) is 5.71. The van der Waals surface area contributed by atoms with Gasteiger partial charge >= 0.3 is 18.3 Å². The highest BCUT2D eigenvalue weighted by Crippen LogP contribution is 2.32. The lowest BCUT2D eigenvalue weighted by molar-refractivity contribution is -0.386. The number of aromatic carboxylic acids is 1. The number of halogens is 3. The number of carbonyl (C=O) groups is 1. The van der Waals surface area contributed by atoms with E-state index in [1.165, 1.54) is 0 Å². The van der Waals surface area contributed by atoms with Gasteiger partial charge in [-0.2, -0.15) is 8.78 Å². The fraction of sp³-hybridized carbons (Fsp3) is 0.222. The van der Waals surface area contributed by atoms with E-state index in [9.17, 15) is 23.7 Å². The summed E-state index contributed by atoms with van der Waals surface area (Å²) in [6.07, 6.45) is 0. The highest BCUT2D eigenvalue weighted by molar-refractivity contribution is 9.08. The molecule has 0 amide bonds. The van der Waals surface area contributed by atoms with Crippen LogP contribution < -0.4 is 4.74 Å². The Morgan fingerprint density at radius 1 is 1.56 bits per heavy atom. The summed E-state index contributed by atoms with van der Waals surface area (Å²) in [6.45, 7) is -3.23. The van der Waals surface area contributed by atoms with Crippen LogP contribution in [0.25, 0.3) is 0 Å². The highest BCUT2D eigenvalue weighted by Gasteiger charge is 2.24. The zero-order valence-electron chi connectivity index (χ0n) is 8.60. The summed E-state index contributed by atoms with van der Waals surface area (Å²) in [6, 6.07) is 1.60. The third-order valence-corrected chi connectivity index (χ3v) is 2.58. The number of nitrogens with zero attached hydrogens (tertiary/aromatic N) is 1. The molecular formula is C9H6BrF2NO5. The molecular weight excluding hydrogens is 320 g/mol. The van der Waals surface area contributed by atoms with Gasteiger partial charge in [-0.25, -0.2) is 4.79 Å². The average Bonchev–Trinajstić information content (AvgIpc) is 2.26. The Labute approximate surface area is 107 Å². The van der Waals surface area contributed by atoms with Gasteiger partial charge < -0.3 is 9.84 Å². The molecule has 0 fully saturated rings. The van der Waals surface area contributed by atoms with E-state index in [2.05, 4.69) is 20.7 Å². The predicted octanol–water partition coefficient (Wildman–Crippen LogP) is 2.79. The number of alkyl halides is 3. The van der Waals surface area contributed by atoms with Gasteiger partial charge in [-0.15, -0.1) is 0 Å². The van der Waals surface area contributed by atoms with Crippen molar-refractivity contribution in [2.45, 2.75) is 11.9 Å². The maximum Gasteiger partial charge on any atom is 0.387 e. The molecule has 0 spiro atoms. The van der Waals surface area contributed by atoms with Gasteiger partial charge in [0.15, 0.2) is 0 Å². The Morgan fingerprint density at radius 3 is 2.56 bits per heavy atom. The molecule has 0 aliphatic heterocycles. The number of hydrogen-bond donors (Lipinski definition) is 1. The Kier molecular flexibility index (Phi) is 4.54. The van der Waals surface area contributed by atoms with Crippen LogP contribution in [0.4, 0.5) is 14.5 Å². The molecule has 0 aromatic heterocycles. The van der Waals surface area contributed by atoms with Crippen molar-refractivity contribution in [3.05, 3.63) is 33.4 Å². The Balaban J connectivity index is 3.41. The van der Waals surface area contributed by atoms with Crippen LogP contribution in [-0.4, -0.2) is 22.6 Å². The smallest absolute Gasteiger partial charge is 0.387 e. The summed E-state index contributed by atoms with van der Waals surface area (Å²) in [7, 11) is 0. The van der Waals surface area contributed by atoms with Crippen molar-refractivity contribution in [2.24, 2.45) is 0 Å². The number of carboxylic acids is 1. The lowest BCUT2D eigenvalue weighted by Crippen LogP contribution is -2.08. The van der Waals surface area contributed by atoms with E-state index in [1.54, 1.807) is 0 Å². The van der Waals surface area contributed by atoms with Crippen molar-refractivity contribution in [3.63, 3.8) is 0 Å². The molecule has 0 atom stereocenters. The van der Waals surface area contributed by atoms with E-state index >= 15 is 0 Å². The fourth-order valence-corrected chi connectivity index (χ4v) is 1.72. The molecule has 0 saturated carbocycles. The molecule has 1 N–H and O–H groups in total. The van der Waals surface area contributed by atoms with Crippen LogP contribution in [-0.2, 0) is 5.33 Å². The van der Waals surface area contributed by atoms with Crippen molar-refractivity contribution < 1.29 is 28.3 Å². The highest BCUT2D eigenvalue weighted by atomic mass is 79.9. The van der Waals surface area contributed by atoms with E-state index in [-0.39, 0.29) is 16.5 Å². The first-order valence-electron chi connectivity index (χ1n) is 4.42. The predicted molar refractivity (Wildman–Crippen MR) is 59.3 cm³/mol. The van der Waals surface area contributed by atoms with Gasteiger partial charge in [0.1, 0.15) is 0 Å². The van der Waals surface area contributed by atoms with Gasteiger partial charge in [0.05, 0.1) is 10.5 Å². The third-order valence-electron chi connectivity index (χ3n) is 1.97. The second-order valence-electron chi connectivity index (χ2n) is 3.05. The molecule has 0 radical (unpaired) electrons. The maximum absolute atomic E-state index is 12.1. The molecule has 0 aliphatic rings. The first kappa shape index (κ1) is 14.3. The van der Waals surface area contributed by atoms with E-state index in [4.69, 9.17) is 5.11 Å². The average molecular weight is 326 g/mol. The normalized spacial score (nSPS) is 10.4. The number of nitro groups is 1. The van der Waals surface area contributed by atoms with E-state index < -0.39 is 28.9 Å². The van der Waals surface area contributed by atoms with Gasteiger partial charge in [0, 0.05) is 11.4 Å². The molecule has 0 bridgehead atoms. The number of hydrogen-bond acceptors (Lipinski definition) is 4. The molecule has 98 valence electrons. The van der Waals surface area contributed by atoms with Crippen molar-refractivity contribution in [1.29, 1.82) is 0 Å². The molecule has 0 unspecified atom stereocenters. The number of benzene rings is 1. The van der Waals surface area contributed by atoms with Crippen LogP contribution in [0.1, 0.15) is 15.9 Å². The molecule has 1 aromatic carbocycles. The Morgan fingerprint density at radius 2 is 2.17 bits per heavy atom. The maximum atomic E-state index is 12.1. The lowest BCUT2D eigenvalue weighted by atomic mass is 10.1. The minimum Gasteiger partial charge on any atom is -0.478 e. The summed E-state index contributed by atoms with van der Waals surface area (Å²) < 4.78 is 28.2. The quantitative estimate of drug-likeness (QED) is 0.510. The van der Waals surface area contributed by atoms with Gasteiger partial charge in [0.2, 0.25) is 5.75 Å². The standard InChI is InChI=1S/C9H6BrF2NO5/c10-3-4-1-7(18-9(11)12)6(13(16)17)2-5(4)8(14)15/h1-2,9H,3H2,(H,14,15). The monoisotopic (exact) mass is 325 g/mol. The Hall–Kier alpha value is -1.77. The van der Waals surface area contributed by atoms with Crippen LogP contribution >= 0.6 is 15.9 Å². The van der Waals surface area contributed by atoms with E-state index in [0.717, 1.165) is 6.07 Å². The van der Waals surface area contributed by atoms with Crippen molar-refractivity contribution in [3.8, 4) is 5.75 Å². The topological polar surface area (TPSA) is 89.7 Å². The van der Waals surface area contributed by atoms with Crippen LogP contribution in [0.2, 0.25) is 0 Å². The summed E-state index contributed by atoms with van der Waals surface area (Å²) in [5.41, 5.74) is -1.07. The second-order valence-corrected chi connectivity index (χ2v) is 3.61. The van der Waals surface area contributed by atoms with Gasteiger partial charge in [-0.3, -0.25) is 10.1 Å². The minimum atomic E-state index is -3.23. The molecule has 18 heavy (non-hydrogen) atoms. The van der Waals surface area contributed by atoms with E-state index in [1.807, 2.05) is 0 Å². The fourth-order valence-electron chi connectivity index (χ4n) is 1.25. The lowest BCUT2D eigenvalue weighted by Gasteiger charge is -2.09. The zero-order valence-corrected chi connectivity index (χ0v) is 10.2. The zero-order chi connectivity index (χ0) is 13.9. The molecule has 0 heterocycles. The molecule has 1 rings (SSSR count). The number of nitro benzene ring substituents is 1. The summed E-state index contributed by atoms with van der Waals surface area (Å²) in [4.78, 5) is 20.5. The van der Waals surface area contributed by atoms with Gasteiger partial charge in [-0.1, -0.05) is 15.9 Å². The first-order chi connectivity index (χ1) is 8.36. The summed E-state index contributed by atoms with van der Waals surface area (Å²) in [5, 5.41) is 19.5. The van der Waals surface area contributed by atoms with Gasteiger partial charge in [-0.05, 0) is 11.6 Å². The number of ether oxygens (including phenoxy) is 1. The summed E-state index contributed by atoms with van der Waals surface area (Å²) in [5.74, 6) is -2.06. The largest absolute Gasteiger partial charge is 0.478 e. The Bertz CT molecular complexity index is 494. The van der Waals surface area contributed by atoms with Crippen LogP contribution in [0.15, 0.2) is 12.1 Å². The van der Waals surface area contributed by atoms with Gasteiger partial charge in [0.25, 0.3) is 0 Å². The molecule has 0 saturated heterocycles. The number of rotatable bonds is 5. The molecule has 0 aliphatic carbocycles. The van der Waals surface area contributed by atoms with Crippen LogP contribution in [0, 0.1) is 10.1 Å². The van der Waals surface area contributed by atoms with Crippen molar-refractivity contribution in [2.75, 3.05) is 0 Å². The summed E-state index contributed by atoms with van der Waals surface area (Å²) >= 11 is 2.96. The SMILES string of the molecule is O=C(O)c1cc([N+](=O)[O-])c(OC(F)F)cc1CBr. The first-order valence-corrected chi connectivity index (χ1v) is 5.54. The van der Waals surface area contributed by atoms with Crippen LogP contribution in [0.5, 0.6) is 5.75 Å². The third kappa shape index (κ3) is 3.13. The van der Waals surface area contributed by atoms with Crippen molar-refractivity contribution in [1.82, 2.24) is 0 Å². The molecule has 6 nitrogen and oxygen atoms in total. The molecule has 9 heteroatoms. The van der Waals surface area contributed by atoms with Crippen LogP contribution in [0.3, 0.4) is 0 Å². The van der Waals surface area contributed by atoms with Crippen molar-refractivity contribution >= 4 is 27.6 Å².